The van der Waals surface area contributed by atoms with Gasteiger partial charge in [0.05, 0.1) is 13.2 Å². The van der Waals surface area contributed by atoms with Gasteiger partial charge in [0.15, 0.2) is 0 Å². The van der Waals surface area contributed by atoms with Gasteiger partial charge in [0.2, 0.25) is 5.91 Å². The van der Waals surface area contributed by atoms with Crippen molar-refractivity contribution in [1.29, 1.82) is 0 Å². The first-order chi connectivity index (χ1) is 5.95. The number of hydrogen-bond donors (Lipinski definition) is 1. The maximum absolute atomic E-state index is 11.1. The molecule has 0 saturated heterocycles. The Hall–Kier alpha value is -0.610. The molecule has 0 aromatic rings. The summed E-state index contributed by atoms with van der Waals surface area (Å²) in [5.74, 6) is -0.0939. The summed E-state index contributed by atoms with van der Waals surface area (Å²) in [4.78, 5) is 16.0. The summed E-state index contributed by atoms with van der Waals surface area (Å²) in [6.45, 7) is 6.87. The standard InChI is InChI=1S/C9H19NO3/c1-9(2,3)7-8(11)10-13-6-5-12-4/h5-7H2,1-4H3,(H,10,11). The maximum atomic E-state index is 11.1. The number of hydrogen-bond acceptors (Lipinski definition) is 3. The highest BCUT2D eigenvalue weighted by molar-refractivity contribution is 5.75. The molecule has 0 atom stereocenters. The van der Waals surface area contributed by atoms with E-state index in [1.807, 2.05) is 20.8 Å². The monoisotopic (exact) mass is 189 g/mol. The van der Waals surface area contributed by atoms with E-state index in [-0.39, 0.29) is 11.3 Å². The Morgan fingerprint density at radius 2 is 1.92 bits per heavy atom. The maximum Gasteiger partial charge on any atom is 0.244 e. The average Bonchev–Trinajstić information content (AvgIpc) is 1.94. The molecule has 78 valence electrons. The Balaban J connectivity index is 3.41. The van der Waals surface area contributed by atoms with E-state index in [9.17, 15) is 4.79 Å². The topological polar surface area (TPSA) is 47.6 Å². The Bertz CT molecular complexity index is 151. The Morgan fingerprint density at radius 1 is 1.31 bits per heavy atom. The highest BCUT2D eigenvalue weighted by atomic mass is 16.7. The van der Waals surface area contributed by atoms with Crippen LogP contribution < -0.4 is 5.48 Å². The van der Waals surface area contributed by atoms with Gasteiger partial charge in [0.25, 0.3) is 0 Å². The van der Waals surface area contributed by atoms with Crippen molar-refractivity contribution < 1.29 is 14.4 Å². The second kappa shape index (κ2) is 5.94. The zero-order valence-electron chi connectivity index (χ0n) is 8.85. The molecule has 0 aromatic carbocycles. The third-order valence-electron chi connectivity index (χ3n) is 1.27. The van der Waals surface area contributed by atoms with E-state index in [0.717, 1.165) is 0 Å². The summed E-state index contributed by atoms with van der Waals surface area (Å²) in [5, 5.41) is 0. The summed E-state index contributed by atoms with van der Waals surface area (Å²) < 4.78 is 4.75. The Kier molecular flexibility index (Phi) is 5.66. The largest absolute Gasteiger partial charge is 0.382 e. The molecule has 1 N–H and O–H groups in total. The molecule has 13 heavy (non-hydrogen) atoms. The van der Waals surface area contributed by atoms with Gasteiger partial charge in [-0.3, -0.25) is 9.63 Å². The van der Waals surface area contributed by atoms with Crippen LogP contribution in [0, 0.1) is 5.41 Å². The number of ether oxygens (including phenoxy) is 1. The lowest BCUT2D eigenvalue weighted by Gasteiger charge is -2.16. The molecule has 0 aromatic heterocycles. The molecule has 0 radical (unpaired) electrons. The van der Waals surface area contributed by atoms with E-state index in [0.29, 0.717) is 19.6 Å². The number of carbonyl (C=O) groups excluding carboxylic acids is 1. The van der Waals surface area contributed by atoms with Gasteiger partial charge in [-0.25, -0.2) is 5.48 Å². The highest BCUT2D eigenvalue weighted by Crippen LogP contribution is 2.17. The number of amides is 1. The van der Waals surface area contributed by atoms with Gasteiger partial charge in [0.1, 0.15) is 0 Å². The smallest absolute Gasteiger partial charge is 0.244 e. The van der Waals surface area contributed by atoms with Gasteiger partial charge in [-0.2, -0.15) is 0 Å². The molecule has 0 heterocycles. The van der Waals surface area contributed by atoms with Gasteiger partial charge in [-0.15, -0.1) is 0 Å². The fraction of sp³-hybridized carbons (Fsp3) is 0.889. The molecule has 0 aliphatic carbocycles. The van der Waals surface area contributed by atoms with Crippen LogP contribution in [0.3, 0.4) is 0 Å². The number of carbonyl (C=O) groups is 1. The minimum Gasteiger partial charge on any atom is -0.382 e. The summed E-state index contributed by atoms with van der Waals surface area (Å²) in [6, 6.07) is 0. The van der Waals surface area contributed by atoms with E-state index in [2.05, 4.69) is 5.48 Å². The zero-order valence-corrected chi connectivity index (χ0v) is 8.85. The number of methoxy groups -OCH3 is 1. The van der Waals surface area contributed by atoms with Gasteiger partial charge >= 0.3 is 0 Å². The number of rotatable bonds is 5. The van der Waals surface area contributed by atoms with Crippen LogP contribution in [-0.4, -0.2) is 26.2 Å². The zero-order chi connectivity index (χ0) is 10.3. The lowest BCUT2D eigenvalue weighted by atomic mass is 9.92. The second-order valence-electron chi connectivity index (χ2n) is 4.10. The predicted molar refractivity (Wildman–Crippen MR) is 50.0 cm³/mol. The van der Waals surface area contributed by atoms with Gasteiger partial charge in [-0.1, -0.05) is 20.8 Å². The summed E-state index contributed by atoms with van der Waals surface area (Å²) in [6.07, 6.45) is 0.458. The van der Waals surface area contributed by atoms with E-state index in [1.54, 1.807) is 7.11 Å². The van der Waals surface area contributed by atoms with Crippen molar-refractivity contribution in [2.45, 2.75) is 27.2 Å². The van der Waals surface area contributed by atoms with E-state index in [1.165, 1.54) is 0 Å². The lowest BCUT2D eigenvalue weighted by molar-refractivity contribution is -0.136. The molecule has 0 aliphatic heterocycles. The average molecular weight is 189 g/mol. The first-order valence-corrected chi connectivity index (χ1v) is 4.35. The second-order valence-corrected chi connectivity index (χ2v) is 4.10. The summed E-state index contributed by atoms with van der Waals surface area (Å²) in [5.41, 5.74) is 2.35. The Morgan fingerprint density at radius 3 is 2.38 bits per heavy atom. The number of hydroxylamine groups is 1. The molecule has 0 aliphatic rings. The molecular formula is C9H19NO3. The SMILES string of the molecule is COCCONC(=O)CC(C)(C)C. The van der Waals surface area contributed by atoms with Crippen LogP contribution in [0.15, 0.2) is 0 Å². The molecule has 0 spiro atoms. The van der Waals surface area contributed by atoms with Crippen molar-refractivity contribution in [2.75, 3.05) is 20.3 Å². The van der Waals surface area contributed by atoms with Crippen LogP contribution in [0.25, 0.3) is 0 Å². The Labute approximate surface area is 79.6 Å². The van der Waals surface area contributed by atoms with E-state index in [4.69, 9.17) is 9.57 Å². The summed E-state index contributed by atoms with van der Waals surface area (Å²) in [7, 11) is 1.58. The first-order valence-electron chi connectivity index (χ1n) is 4.35. The molecule has 0 bridgehead atoms. The van der Waals surface area contributed by atoms with Crippen LogP contribution >= 0.6 is 0 Å². The number of nitrogens with one attached hydrogen (secondary N) is 1. The highest BCUT2D eigenvalue weighted by Gasteiger charge is 2.15. The van der Waals surface area contributed by atoms with Crippen LogP contribution in [0.5, 0.6) is 0 Å². The van der Waals surface area contributed by atoms with Crippen LogP contribution in [0.4, 0.5) is 0 Å². The third-order valence-corrected chi connectivity index (χ3v) is 1.27. The fourth-order valence-electron chi connectivity index (χ4n) is 0.774. The van der Waals surface area contributed by atoms with Crippen LogP contribution in [0.2, 0.25) is 0 Å². The predicted octanol–water partition coefficient (Wildman–Crippen LogP) is 1.12. The van der Waals surface area contributed by atoms with Gasteiger partial charge < -0.3 is 4.74 Å². The minimum absolute atomic E-state index is 0.00526. The lowest BCUT2D eigenvalue weighted by Crippen LogP contribution is -2.28. The first kappa shape index (κ1) is 12.4. The molecule has 4 heteroatoms. The van der Waals surface area contributed by atoms with Crippen LogP contribution in [0.1, 0.15) is 27.2 Å². The van der Waals surface area contributed by atoms with E-state index >= 15 is 0 Å². The molecule has 0 rings (SSSR count). The van der Waals surface area contributed by atoms with Crippen molar-refractivity contribution in [3.8, 4) is 0 Å². The van der Waals surface area contributed by atoms with Gasteiger partial charge in [-0.05, 0) is 5.41 Å². The molecule has 0 unspecified atom stereocenters. The van der Waals surface area contributed by atoms with Crippen molar-refractivity contribution in [1.82, 2.24) is 5.48 Å². The minimum atomic E-state index is -0.0939. The van der Waals surface area contributed by atoms with Crippen molar-refractivity contribution in [3.63, 3.8) is 0 Å². The molecule has 4 nitrogen and oxygen atoms in total. The van der Waals surface area contributed by atoms with Crippen LogP contribution in [-0.2, 0) is 14.4 Å². The normalized spacial score (nSPS) is 11.4. The fourth-order valence-corrected chi connectivity index (χ4v) is 0.774. The third kappa shape index (κ3) is 9.30. The van der Waals surface area contributed by atoms with Crippen molar-refractivity contribution >= 4 is 5.91 Å². The molecule has 0 saturated carbocycles. The van der Waals surface area contributed by atoms with Gasteiger partial charge in [0, 0.05) is 13.5 Å². The van der Waals surface area contributed by atoms with Crippen molar-refractivity contribution in [3.05, 3.63) is 0 Å². The molecule has 0 fully saturated rings. The van der Waals surface area contributed by atoms with Crippen molar-refractivity contribution in [2.24, 2.45) is 5.41 Å². The van der Waals surface area contributed by atoms with E-state index < -0.39 is 0 Å². The molecule has 1 amide bonds. The summed E-state index contributed by atoms with van der Waals surface area (Å²) >= 11 is 0. The molecular weight excluding hydrogens is 170 g/mol. The quantitative estimate of drug-likeness (QED) is 0.520.